The van der Waals surface area contributed by atoms with Gasteiger partial charge < -0.3 is 10.1 Å². The summed E-state index contributed by atoms with van der Waals surface area (Å²) >= 11 is 1.81. The highest BCUT2D eigenvalue weighted by Crippen LogP contribution is 2.26. The zero-order chi connectivity index (χ0) is 13.5. The van der Waals surface area contributed by atoms with Crippen LogP contribution in [0.5, 0.6) is 5.75 Å². The predicted octanol–water partition coefficient (Wildman–Crippen LogP) is 2.50. The molecule has 1 amide bonds. The first kappa shape index (κ1) is 14.3. The SMILES string of the molecule is CSCCCNC(=O)[C@@H]1CCOc2ccccc2C1. The van der Waals surface area contributed by atoms with E-state index in [4.69, 9.17) is 4.74 Å². The summed E-state index contributed by atoms with van der Waals surface area (Å²) in [7, 11) is 0. The third-order valence-electron chi connectivity index (χ3n) is 3.36. The molecular formula is C15H21NO2S. The van der Waals surface area contributed by atoms with Crippen LogP contribution in [0.3, 0.4) is 0 Å². The Labute approximate surface area is 119 Å². The molecule has 104 valence electrons. The van der Waals surface area contributed by atoms with Gasteiger partial charge in [-0.1, -0.05) is 18.2 Å². The van der Waals surface area contributed by atoms with Crippen LogP contribution < -0.4 is 10.1 Å². The summed E-state index contributed by atoms with van der Waals surface area (Å²) in [6, 6.07) is 8.01. The number of carbonyl (C=O) groups is 1. The van der Waals surface area contributed by atoms with E-state index in [9.17, 15) is 4.79 Å². The van der Waals surface area contributed by atoms with Crippen molar-refractivity contribution in [1.29, 1.82) is 0 Å². The molecule has 0 radical (unpaired) electrons. The average Bonchev–Trinajstić information content (AvgIpc) is 2.65. The molecule has 1 aromatic carbocycles. The van der Waals surface area contributed by atoms with Crippen LogP contribution in [0.1, 0.15) is 18.4 Å². The summed E-state index contributed by atoms with van der Waals surface area (Å²) in [5.74, 6) is 2.23. The summed E-state index contributed by atoms with van der Waals surface area (Å²) in [4.78, 5) is 12.2. The number of para-hydroxylation sites is 1. The molecule has 1 heterocycles. The van der Waals surface area contributed by atoms with Crippen LogP contribution in [0.4, 0.5) is 0 Å². The molecule has 0 aromatic heterocycles. The zero-order valence-corrected chi connectivity index (χ0v) is 12.2. The third-order valence-corrected chi connectivity index (χ3v) is 4.05. The lowest BCUT2D eigenvalue weighted by Gasteiger charge is -2.13. The van der Waals surface area contributed by atoms with E-state index in [1.165, 1.54) is 0 Å². The maximum atomic E-state index is 12.2. The standard InChI is InChI=1S/C15H21NO2S/c1-19-10-4-8-16-15(17)13-7-9-18-14-6-3-2-5-12(14)11-13/h2-3,5-6,13H,4,7-11H2,1H3,(H,16,17)/t13-/m1/s1. The monoisotopic (exact) mass is 279 g/mol. The Hall–Kier alpha value is -1.16. The van der Waals surface area contributed by atoms with E-state index >= 15 is 0 Å². The lowest BCUT2D eigenvalue weighted by molar-refractivity contribution is -0.125. The summed E-state index contributed by atoms with van der Waals surface area (Å²) < 4.78 is 5.69. The first-order valence-corrected chi connectivity index (χ1v) is 8.18. The quantitative estimate of drug-likeness (QED) is 0.842. The largest absolute Gasteiger partial charge is 0.493 e. The third kappa shape index (κ3) is 4.16. The number of amides is 1. The van der Waals surface area contributed by atoms with Crippen molar-refractivity contribution in [2.75, 3.05) is 25.2 Å². The lowest BCUT2D eigenvalue weighted by atomic mass is 9.96. The van der Waals surface area contributed by atoms with E-state index in [2.05, 4.69) is 17.6 Å². The van der Waals surface area contributed by atoms with E-state index in [1.54, 1.807) is 0 Å². The molecule has 1 N–H and O–H groups in total. The molecule has 0 aliphatic carbocycles. The van der Waals surface area contributed by atoms with Crippen LogP contribution in [0.2, 0.25) is 0 Å². The molecule has 2 rings (SSSR count). The van der Waals surface area contributed by atoms with Gasteiger partial charge in [0.25, 0.3) is 0 Å². The van der Waals surface area contributed by atoms with E-state index in [0.29, 0.717) is 6.61 Å². The molecule has 1 atom stereocenters. The smallest absolute Gasteiger partial charge is 0.223 e. The Morgan fingerprint density at radius 3 is 3.16 bits per heavy atom. The van der Waals surface area contributed by atoms with Crippen LogP contribution in [-0.2, 0) is 11.2 Å². The first-order chi connectivity index (χ1) is 9.31. The van der Waals surface area contributed by atoms with E-state index < -0.39 is 0 Å². The van der Waals surface area contributed by atoms with Crippen molar-refractivity contribution in [1.82, 2.24) is 5.32 Å². The second-order valence-corrected chi connectivity index (χ2v) is 5.77. The number of rotatable bonds is 5. The number of carbonyl (C=O) groups excluding carboxylic acids is 1. The van der Waals surface area contributed by atoms with Crippen LogP contribution in [0.25, 0.3) is 0 Å². The maximum Gasteiger partial charge on any atom is 0.223 e. The highest BCUT2D eigenvalue weighted by molar-refractivity contribution is 7.98. The van der Waals surface area contributed by atoms with Gasteiger partial charge in [-0.25, -0.2) is 0 Å². The molecular weight excluding hydrogens is 258 g/mol. The molecule has 1 aliphatic rings. The topological polar surface area (TPSA) is 38.3 Å². The molecule has 0 saturated carbocycles. The average molecular weight is 279 g/mol. The summed E-state index contributed by atoms with van der Waals surface area (Å²) in [6.45, 7) is 1.40. The number of benzene rings is 1. The molecule has 1 aromatic rings. The zero-order valence-electron chi connectivity index (χ0n) is 11.4. The number of fused-ring (bicyclic) bond motifs is 1. The Morgan fingerprint density at radius 1 is 1.47 bits per heavy atom. The second kappa shape index (κ2) is 7.43. The number of thioether (sulfide) groups is 1. The summed E-state index contributed by atoms with van der Waals surface area (Å²) in [5.41, 5.74) is 1.14. The molecule has 0 bridgehead atoms. The van der Waals surface area contributed by atoms with E-state index in [1.807, 2.05) is 30.0 Å². The molecule has 0 saturated heterocycles. The molecule has 0 spiro atoms. The van der Waals surface area contributed by atoms with Gasteiger partial charge >= 0.3 is 0 Å². The van der Waals surface area contributed by atoms with Gasteiger partial charge in [-0.2, -0.15) is 11.8 Å². The highest BCUT2D eigenvalue weighted by Gasteiger charge is 2.23. The Morgan fingerprint density at radius 2 is 2.32 bits per heavy atom. The van der Waals surface area contributed by atoms with Crippen LogP contribution in [-0.4, -0.2) is 31.1 Å². The van der Waals surface area contributed by atoms with Gasteiger partial charge in [0.05, 0.1) is 6.61 Å². The summed E-state index contributed by atoms with van der Waals surface area (Å²) in [6.07, 6.45) is 4.70. The number of nitrogens with one attached hydrogen (secondary N) is 1. The minimum absolute atomic E-state index is 0.0397. The van der Waals surface area contributed by atoms with Gasteiger partial charge in [0, 0.05) is 12.5 Å². The fourth-order valence-corrected chi connectivity index (χ4v) is 2.72. The van der Waals surface area contributed by atoms with Crippen molar-refractivity contribution in [2.24, 2.45) is 5.92 Å². The molecule has 0 fully saturated rings. The van der Waals surface area contributed by atoms with Crippen molar-refractivity contribution in [2.45, 2.75) is 19.3 Å². The van der Waals surface area contributed by atoms with Gasteiger partial charge in [0.2, 0.25) is 5.91 Å². The number of hydrogen-bond donors (Lipinski definition) is 1. The molecule has 0 unspecified atom stereocenters. The minimum atomic E-state index is 0.0397. The van der Waals surface area contributed by atoms with Crippen molar-refractivity contribution < 1.29 is 9.53 Å². The Bertz CT molecular complexity index is 422. The Balaban J connectivity index is 1.89. The van der Waals surface area contributed by atoms with Crippen LogP contribution in [0, 0.1) is 5.92 Å². The highest BCUT2D eigenvalue weighted by atomic mass is 32.2. The molecule has 19 heavy (non-hydrogen) atoms. The van der Waals surface area contributed by atoms with Crippen LogP contribution >= 0.6 is 11.8 Å². The van der Waals surface area contributed by atoms with Crippen LogP contribution in [0.15, 0.2) is 24.3 Å². The van der Waals surface area contributed by atoms with Crippen molar-refractivity contribution in [3.8, 4) is 5.75 Å². The first-order valence-electron chi connectivity index (χ1n) is 6.78. The number of hydrogen-bond acceptors (Lipinski definition) is 3. The van der Waals surface area contributed by atoms with Crippen molar-refractivity contribution in [3.05, 3.63) is 29.8 Å². The normalized spacial score (nSPS) is 18.1. The van der Waals surface area contributed by atoms with Gasteiger partial charge in [-0.15, -0.1) is 0 Å². The number of ether oxygens (including phenoxy) is 1. The fraction of sp³-hybridized carbons (Fsp3) is 0.533. The van der Waals surface area contributed by atoms with E-state index in [-0.39, 0.29) is 11.8 Å². The summed E-state index contributed by atoms with van der Waals surface area (Å²) in [5, 5.41) is 3.04. The molecule has 1 aliphatic heterocycles. The Kier molecular flexibility index (Phi) is 5.58. The van der Waals surface area contributed by atoms with Crippen molar-refractivity contribution >= 4 is 17.7 Å². The second-order valence-electron chi connectivity index (χ2n) is 4.78. The predicted molar refractivity (Wildman–Crippen MR) is 79.8 cm³/mol. The molecule has 3 nitrogen and oxygen atoms in total. The minimum Gasteiger partial charge on any atom is -0.493 e. The van der Waals surface area contributed by atoms with Gasteiger partial charge in [-0.3, -0.25) is 4.79 Å². The molecule has 4 heteroatoms. The van der Waals surface area contributed by atoms with Gasteiger partial charge in [-0.05, 0) is 42.9 Å². The fourth-order valence-electron chi connectivity index (χ4n) is 2.29. The van der Waals surface area contributed by atoms with Gasteiger partial charge in [0.15, 0.2) is 0 Å². The maximum absolute atomic E-state index is 12.2. The van der Waals surface area contributed by atoms with E-state index in [0.717, 1.165) is 42.9 Å². The lowest BCUT2D eigenvalue weighted by Crippen LogP contribution is -2.33. The van der Waals surface area contributed by atoms with Gasteiger partial charge in [0.1, 0.15) is 5.75 Å². The van der Waals surface area contributed by atoms with Crippen molar-refractivity contribution in [3.63, 3.8) is 0 Å².